The number of aliphatic carboxylic acids is 1. The van der Waals surface area contributed by atoms with Crippen molar-refractivity contribution < 1.29 is 14.7 Å². The Bertz CT molecular complexity index is 450. The van der Waals surface area contributed by atoms with Crippen molar-refractivity contribution in [2.24, 2.45) is 0 Å². The van der Waals surface area contributed by atoms with Crippen LogP contribution in [0.1, 0.15) is 36.4 Å². The van der Waals surface area contributed by atoms with Gasteiger partial charge >= 0.3 is 5.97 Å². The highest BCUT2D eigenvalue weighted by Crippen LogP contribution is 2.15. The van der Waals surface area contributed by atoms with Crippen LogP contribution < -0.4 is 0 Å². The average Bonchev–Trinajstić information content (AvgIpc) is 2.64. The molecule has 1 aromatic heterocycles. The third kappa shape index (κ3) is 4.31. The van der Waals surface area contributed by atoms with Gasteiger partial charge in [-0.2, -0.15) is 0 Å². The zero-order valence-corrected chi connectivity index (χ0v) is 11.6. The van der Waals surface area contributed by atoms with Gasteiger partial charge in [0.1, 0.15) is 5.01 Å². The molecule has 5 nitrogen and oxygen atoms in total. The fraction of sp³-hybridized carbons (Fsp3) is 0.615. The van der Waals surface area contributed by atoms with Crippen molar-refractivity contribution in [2.75, 3.05) is 13.1 Å². The Morgan fingerprint density at radius 2 is 1.89 bits per heavy atom. The van der Waals surface area contributed by atoms with Gasteiger partial charge in [-0.25, -0.2) is 4.98 Å². The summed E-state index contributed by atoms with van der Waals surface area (Å²) < 4.78 is 0. The predicted octanol–water partition coefficient (Wildman–Crippen LogP) is 1.72. The van der Waals surface area contributed by atoms with Crippen molar-refractivity contribution in [3.63, 3.8) is 0 Å². The normalized spacial score (nSPS) is 16.1. The zero-order valence-electron chi connectivity index (χ0n) is 10.8. The molecule has 1 saturated heterocycles. The quantitative estimate of drug-likeness (QED) is 0.912. The van der Waals surface area contributed by atoms with Gasteiger partial charge in [-0.05, 0) is 12.8 Å². The van der Waals surface area contributed by atoms with Crippen LogP contribution in [0.2, 0.25) is 0 Å². The van der Waals surface area contributed by atoms with Crippen molar-refractivity contribution >= 4 is 23.2 Å². The fourth-order valence-electron chi connectivity index (χ4n) is 2.23. The minimum Gasteiger partial charge on any atom is -0.481 e. The Balaban J connectivity index is 1.90. The molecule has 1 N–H and O–H groups in total. The molecule has 0 unspecified atom stereocenters. The summed E-state index contributed by atoms with van der Waals surface area (Å²) in [4.78, 5) is 28.8. The van der Waals surface area contributed by atoms with E-state index >= 15 is 0 Å². The van der Waals surface area contributed by atoms with Crippen LogP contribution >= 0.6 is 11.3 Å². The summed E-state index contributed by atoms with van der Waals surface area (Å²) >= 11 is 1.37. The molecule has 0 spiro atoms. The largest absolute Gasteiger partial charge is 0.481 e. The molecule has 2 rings (SSSR count). The maximum absolute atomic E-state index is 12.1. The Kier molecular flexibility index (Phi) is 4.90. The summed E-state index contributed by atoms with van der Waals surface area (Å²) in [5, 5.41) is 11.1. The molecule has 19 heavy (non-hydrogen) atoms. The first-order valence-electron chi connectivity index (χ1n) is 6.58. The number of nitrogens with zero attached hydrogens (tertiary/aromatic N) is 2. The molecule has 1 fully saturated rings. The van der Waals surface area contributed by atoms with E-state index < -0.39 is 5.97 Å². The van der Waals surface area contributed by atoms with E-state index in [4.69, 9.17) is 5.11 Å². The van der Waals surface area contributed by atoms with Gasteiger partial charge in [0.05, 0.1) is 18.5 Å². The second-order valence-electron chi connectivity index (χ2n) is 4.77. The number of rotatable bonds is 4. The molecule has 1 aromatic rings. The van der Waals surface area contributed by atoms with E-state index in [0.717, 1.165) is 25.9 Å². The highest BCUT2D eigenvalue weighted by molar-refractivity contribution is 7.09. The maximum Gasteiger partial charge on any atom is 0.309 e. The van der Waals surface area contributed by atoms with E-state index in [1.165, 1.54) is 24.2 Å². The van der Waals surface area contributed by atoms with Crippen molar-refractivity contribution in [3.8, 4) is 0 Å². The van der Waals surface area contributed by atoms with Crippen LogP contribution in [0, 0.1) is 0 Å². The van der Waals surface area contributed by atoms with Crippen LogP contribution in [0.4, 0.5) is 0 Å². The lowest BCUT2D eigenvalue weighted by molar-refractivity contribution is -0.136. The van der Waals surface area contributed by atoms with E-state index in [2.05, 4.69) is 4.98 Å². The van der Waals surface area contributed by atoms with Crippen LogP contribution in [-0.2, 0) is 22.4 Å². The number of thiazole rings is 1. The van der Waals surface area contributed by atoms with Gasteiger partial charge in [-0.1, -0.05) is 12.8 Å². The van der Waals surface area contributed by atoms with Crippen LogP contribution in [0.15, 0.2) is 5.38 Å². The zero-order chi connectivity index (χ0) is 13.7. The van der Waals surface area contributed by atoms with Crippen molar-refractivity contribution in [3.05, 3.63) is 16.1 Å². The number of carbonyl (C=O) groups excluding carboxylic acids is 1. The number of aromatic nitrogens is 1. The Labute approximate surface area is 116 Å². The Hall–Kier alpha value is -1.43. The van der Waals surface area contributed by atoms with E-state index in [1.54, 1.807) is 5.38 Å². The van der Waals surface area contributed by atoms with E-state index in [-0.39, 0.29) is 12.3 Å². The van der Waals surface area contributed by atoms with Gasteiger partial charge in [0, 0.05) is 18.5 Å². The molecule has 0 bridgehead atoms. The van der Waals surface area contributed by atoms with Crippen LogP contribution in [0.3, 0.4) is 0 Å². The van der Waals surface area contributed by atoms with E-state index in [9.17, 15) is 9.59 Å². The van der Waals surface area contributed by atoms with Gasteiger partial charge < -0.3 is 10.0 Å². The molecule has 0 aliphatic carbocycles. The summed E-state index contributed by atoms with van der Waals surface area (Å²) in [7, 11) is 0. The SMILES string of the molecule is O=C(O)Cc1csc(CC(=O)N2CCCCCC2)n1. The number of carboxylic acids is 1. The Morgan fingerprint density at radius 3 is 2.53 bits per heavy atom. The van der Waals surface area contributed by atoms with Gasteiger partial charge in [-0.15, -0.1) is 11.3 Å². The van der Waals surface area contributed by atoms with E-state index in [0.29, 0.717) is 17.1 Å². The molecule has 0 aromatic carbocycles. The molecule has 0 atom stereocenters. The van der Waals surface area contributed by atoms with Gasteiger partial charge in [-0.3, -0.25) is 9.59 Å². The smallest absolute Gasteiger partial charge is 0.309 e. The second kappa shape index (κ2) is 6.65. The number of amides is 1. The Morgan fingerprint density at radius 1 is 1.21 bits per heavy atom. The number of hydrogen-bond acceptors (Lipinski definition) is 4. The monoisotopic (exact) mass is 282 g/mol. The topological polar surface area (TPSA) is 70.5 Å². The predicted molar refractivity (Wildman–Crippen MR) is 72.2 cm³/mol. The lowest BCUT2D eigenvalue weighted by atomic mass is 10.2. The van der Waals surface area contributed by atoms with Gasteiger partial charge in [0.25, 0.3) is 0 Å². The summed E-state index contributed by atoms with van der Waals surface area (Å²) in [6, 6.07) is 0. The van der Waals surface area contributed by atoms with Gasteiger partial charge in [0.2, 0.25) is 5.91 Å². The molecule has 1 aliphatic rings. The average molecular weight is 282 g/mol. The number of carboxylic acid groups (broad SMARTS) is 1. The van der Waals surface area contributed by atoms with Crippen LogP contribution in [0.25, 0.3) is 0 Å². The standard InChI is InChI=1S/C13H18N2O3S/c16-12(15-5-3-1-2-4-6-15)8-11-14-10(9-19-11)7-13(17)18/h9H,1-8H2,(H,17,18). The first-order chi connectivity index (χ1) is 9.15. The molecule has 2 heterocycles. The minimum atomic E-state index is -0.893. The molecule has 6 heteroatoms. The second-order valence-corrected chi connectivity index (χ2v) is 5.72. The number of hydrogen-bond donors (Lipinski definition) is 1. The molecule has 0 saturated carbocycles. The number of likely N-dealkylation sites (tertiary alicyclic amines) is 1. The highest BCUT2D eigenvalue weighted by atomic mass is 32.1. The van der Waals surface area contributed by atoms with Crippen LogP contribution in [-0.4, -0.2) is 40.0 Å². The summed E-state index contributed by atoms with van der Waals surface area (Å²) in [6.45, 7) is 1.68. The van der Waals surface area contributed by atoms with Gasteiger partial charge in [0.15, 0.2) is 0 Å². The summed E-state index contributed by atoms with van der Waals surface area (Å²) in [5.41, 5.74) is 0.538. The molecule has 104 valence electrons. The first kappa shape index (κ1) is 14.0. The van der Waals surface area contributed by atoms with Crippen molar-refractivity contribution in [2.45, 2.75) is 38.5 Å². The van der Waals surface area contributed by atoms with E-state index in [1.807, 2.05) is 4.90 Å². The summed E-state index contributed by atoms with van der Waals surface area (Å²) in [6.07, 6.45) is 4.77. The number of carbonyl (C=O) groups is 2. The molecule has 1 aliphatic heterocycles. The fourth-order valence-corrected chi connectivity index (χ4v) is 3.01. The third-order valence-corrected chi connectivity index (χ3v) is 4.09. The minimum absolute atomic E-state index is 0.0750. The molecule has 1 amide bonds. The summed E-state index contributed by atoms with van der Waals surface area (Å²) in [5.74, 6) is -0.784. The third-order valence-electron chi connectivity index (χ3n) is 3.19. The maximum atomic E-state index is 12.1. The molecular formula is C13H18N2O3S. The van der Waals surface area contributed by atoms with Crippen molar-refractivity contribution in [1.29, 1.82) is 0 Å². The van der Waals surface area contributed by atoms with Crippen LogP contribution in [0.5, 0.6) is 0 Å². The first-order valence-corrected chi connectivity index (χ1v) is 7.46. The molecule has 0 radical (unpaired) electrons. The van der Waals surface area contributed by atoms with Crippen molar-refractivity contribution in [1.82, 2.24) is 9.88 Å². The molecular weight excluding hydrogens is 264 g/mol. The lowest BCUT2D eigenvalue weighted by Crippen LogP contribution is -2.33. The highest BCUT2D eigenvalue weighted by Gasteiger charge is 2.17. The lowest BCUT2D eigenvalue weighted by Gasteiger charge is -2.19.